The Kier molecular flexibility index (Phi) is 5.64. The summed E-state index contributed by atoms with van der Waals surface area (Å²) in [5.74, 6) is -0.995. The lowest BCUT2D eigenvalue weighted by Crippen LogP contribution is -2.19. The zero-order chi connectivity index (χ0) is 22.0. The standard InChI is InChI=1S/C24H17ClN2O4/c1-15-5-4-8-21-26-18(13-22(28)27(15)21)14-31-24(30)20-7-3-2-6-19(20)23(29)16-9-11-17(25)12-10-16/h2-13H,14H2,1H3. The second kappa shape index (κ2) is 8.53. The molecule has 6 nitrogen and oxygen atoms in total. The quantitative estimate of drug-likeness (QED) is 0.348. The molecule has 0 N–H and O–H groups in total. The monoisotopic (exact) mass is 432 g/mol. The third-order valence-corrected chi connectivity index (χ3v) is 5.03. The van der Waals surface area contributed by atoms with Crippen LogP contribution in [0.3, 0.4) is 0 Å². The van der Waals surface area contributed by atoms with E-state index in [-0.39, 0.29) is 29.1 Å². The largest absolute Gasteiger partial charge is 0.456 e. The molecule has 0 aliphatic carbocycles. The number of hydrogen-bond donors (Lipinski definition) is 0. The Labute approximate surface area is 182 Å². The predicted molar refractivity (Wildman–Crippen MR) is 117 cm³/mol. The van der Waals surface area contributed by atoms with Crippen LogP contribution in [0.1, 0.15) is 37.7 Å². The molecule has 0 unspecified atom stereocenters. The highest BCUT2D eigenvalue weighted by Gasteiger charge is 2.19. The van der Waals surface area contributed by atoms with Gasteiger partial charge in [0.1, 0.15) is 12.3 Å². The van der Waals surface area contributed by atoms with E-state index in [9.17, 15) is 14.4 Å². The van der Waals surface area contributed by atoms with Crippen molar-refractivity contribution < 1.29 is 14.3 Å². The van der Waals surface area contributed by atoms with Gasteiger partial charge in [-0.05, 0) is 49.4 Å². The minimum atomic E-state index is -0.677. The Balaban J connectivity index is 1.57. The molecule has 154 valence electrons. The molecule has 0 aliphatic rings. The second-order valence-corrected chi connectivity index (χ2v) is 7.34. The molecule has 0 amide bonds. The number of ether oxygens (including phenoxy) is 1. The summed E-state index contributed by atoms with van der Waals surface area (Å²) in [5, 5.41) is 0.512. The minimum absolute atomic E-state index is 0.135. The third kappa shape index (κ3) is 4.25. The van der Waals surface area contributed by atoms with Crippen molar-refractivity contribution in [3.05, 3.63) is 116 Å². The van der Waals surface area contributed by atoms with Crippen molar-refractivity contribution in [1.82, 2.24) is 9.38 Å². The molecular weight excluding hydrogens is 416 g/mol. The second-order valence-electron chi connectivity index (χ2n) is 6.90. The molecular formula is C24H17ClN2O4. The molecule has 2 heterocycles. The Morgan fingerprint density at radius 1 is 0.968 bits per heavy atom. The number of esters is 1. The predicted octanol–water partition coefficient (Wildman–Crippen LogP) is 4.24. The van der Waals surface area contributed by atoms with Crippen LogP contribution >= 0.6 is 11.6 Å². The van der Waals surface area contributed by atoms with E-state index >= 15 is 0 Å². The van der Waals surface area contributed by atoms with Gasteiger partial charge in [0.25, 0.3) is 5.56 Å². The molecule has 0 bridgehead atoms. The van der Waals surface area contributed by atoms with Crippen LogP contribution in [0.2, 0.25) is 5.02 Å². The highest BCUT2D eigenvalue weighted by molar-refractivity contribution is 6.30. The Hall–Kier alpha value is -3.77. The summed E-state index contributed by atoms with van der Waals surface area (Å²) < 4.78 is 6.85. The lowest BCUT2D eigenvalue weighted by atomic mass is 9.98. The average Bonchev–Trinajstić information content (AvgIpc) is 2.77. The molecule has 0 atom stereocenters. The first-order valence-corrected chi connectivity index (χ1v) is 9.86. The molecule has 0 saturated carbocycles. The van der Waals surface area contributed by atoms with Crippen LogP contribution in [0.15, 0.2) is 77.6 Å². The Bertz CT molecular complexity index is 1360. The van der Waals surface area contributed by atoms with Crippen LogP contribution in [-0.4, -0.2) is 21.1 Å². The number of benzene rings is 2. The van der Waals surface area contributed by atoms with Gasteiger partial charge in [0.05, 0.1) is 11.3 Å². The number of nitrogens with zero attached hydrogens (tertiary/aromatic N) is 2. The van der Waals surface area contributed by atoms with Crippen molar-refractivity contribution in [3.63, 3.8) is 0 Å². The Morgan fingerprint density at radius 2 is 1.68 bits per heavy atom. The van der Waals surface area contributed by atoms with Crippen molar-refractivity contribution >= 4 is 29.0 Å². The number of fused-ring (bicyclic) bond motifs is 1. The smallest absolute Gasteiger partial charge is 0.339 e. The van der Waals surface area contributed by atoms with E-state index in [1.165, 1.54) is 16.5 Å². The first kappa shape index (κ1) is 20.5. The van der Waals surface area contributed by atoms with Crippen LogP contribution in [0.4, 0.5) is 0 Å². The number of halogens is 1. The third-order valence-electron chi connectivity index (χ3n) is 4.78. The lowest BCUT2D eigenvalue weighted by molar-refractivity contribution is 0.0465. The first-order chi connectivity index (χ1) is 14.9. The van der Waals surface area contributed by atoms with Gasteiger partial charge in [-0.3, -0.25) is 14.0 Å². The topological polar surface area (TPSA) is 77.7 Å². The molecule has 0 saturated heterocycles. The van der Waals surface area contributed by atoms with Crippen molar-refractivity contribution in [2.24, 2.45) is 0 Å². The number of carbonyl (C=O) groups excluding carboxylic acids is 2. The average molecular weight is 433 g/mol. The van der Waals surface area contributed by atoms with E-state index in [1.54, 1.807) is 54.6 Å². The molecule has 7 heteroatoms. The molecule has 0 radical (unpaired) electrons. The summed E-state index contributed by atoms with van der Waals surface area (Å²) in [5.41, 5.74) is 2.06. The molecule has 0 spiro atoms. The van der Waals surface area contributed by atoms with Gasteiger partial charge in [0.15, 0.2) is 5.78 Å². The summed E-state index contributed by atoms with van der Waals surface area (Å²) in [4.78, 5) is 42.4. The van der Waals surface area contributed by atoms with Crippen molar-refractivity contribution in [2.45, 2.75) is 13.5 Å². The molecule has 2 aromatic carbocycles. The van der Waals surface area contributed by atoms with Crippen molar-refractivity contribution in [1.29, 1.82) is 0 Å². The number of aryl methyl sites for hydroxylation is 1. The highest BCUT2D eigenvalue weighted by Crippen LogP contribution is 2.18. The summed E-state index contributed by atoms with van der Waals surface area (Å²) in [6, 6.07) is 19.5. The lowest BCUT2D eigenvalue weighted by Gasteiger charge is -2.10. The number of hydrogen-bond acceptors (Lipinski definition) is 5. The maximum absolute atomic E-state index is 12.9. The van der Waals surface area contributed by atoms with Crippen LogP contribution in [-0.2, 0) is 11.3 Å². The first-order valence-electron chi connectivity index (χ1n) is 9.49. The summed E-state index contributed by atoms with van der Waals surface area (Å²) >= 11 is 5.88. The van der Waals surface area contributed by atoms with E-state index in [2.05, 4.69) is 4.98 Å². The number of carbonyl (C=O) groups is 2. The fourth-order valence-electron chi connectivity index (χ4n) is 3.27. The fraction of sp³-hybridized carbons (Fsp3) is 0.0833. The molecule has 0 fully saturated rings. The van der Waals surface area contributed by atoms with Crippen molar-refractivity contribution in [2.75, 3.05) is 0 Å². The maximum atomic E-state index is 12.9. The zero-order valence-corrected chi connectivity index (χ0v) is 17.3. The van der Waals surface area contributed by atoms with Gasteiger partial charge in [-0.15, -0.1) is 0 Å². The molecule has 0 aliphatic heterocycles. The van der Waals surface area contributed by atoms with E-state index in [1.807, 2.05) is 13.0 Å². The minimum Gasteiger partial charge on any atom is -0.456 e. The van der Waals surface area contributed by atoms with E-state index in [4.69, 9.17) is 16.3 Å². The normalized spacial score (nSPS) is 10.8. The SMILES string of the molecule is Cc1cccc2nc(COC(=O)c3ccccc3C(=O)c3ccc(Cl)cc3)cc(=O)n12. The van der Waals surface area contributed by atoms with Gasteiger partial charge in [-0.1, -0.05) is 35.9 Å². The number of rotatable bonds is 5. The van der Waals surface area contributed by atoms with E-state index < -0.39 is 5.97 Å². The number of pyridine rings is 1. The summed E-state index contributed by atoms with van der Waals surface area (Å²) in [7, 11) is 0. The van der Waals surface area contributed by atoms with Gasteiger partial charge in [0.2, 0.25) is 0 Å². The van der Waals surface area contributed by atoms with Gasteiger partial charge in [-0.2, -0.15) is 0 Å². The van der Waals surface area contributed by atoms with E-state index in [0.717, 1.165) is 5.69 Å². The van der Waals surface area contributed by atoms with Crippen LogP contribution in [0.25, 0.3) is 5.65 Å². The maximum Gasteiger partial charge on any atom is 0.339 e. The zero-order valence-electron chi connectivity index (χ0n) is 16.5. The number of ketones is 1. The molecule has 31 heavy (non-hydrogen) atoms. The van der Waals surface area contributed by atoms with Crippen LogP contribution in [0, 0.1) is 6.92 Å². The summed E-state index contributed by atoms with van der Waals surface area (Å²) in [6.07, 6.45) is 0. The highest BCUT2D eigenvalue weighted by atomic mass is 35.5. The van der Waals surface area contributed by atoms with Crippen molar-refractivity contribution in [3.8, 4) is 0 Å². The van der Waals surface area contributed by atoms with Gasteiger partial charge in [0, 0.05) is 27.9 Å². The number of aromatic nitrogens is 2. The van der Waals surface area contributed by atoms with Crippen LogP contribution < -0.4 is 5.56 Å². The van der Waals surface area contributed by atoms with Gasteiger partial charge < -0.3 is 4.74 Å². The summed E-state index contributed by atoms with van der Waals surface area (Å²) in [6.45, 7) is 1.62. The molecule has 2 aromatic heterocycles. The van der Waals surface area contributed by atoms with E-state index in [0.29, 0.717) is 21.9 Å². The fourth-order valence-corrected chi connectivity index (χ4v) is 3.40. The Morgan fingerprint density at radius 3 is 2.42 bits per heavy atom. The molecule has 4 aromatic rings. The van der Waals surface area contributed by atoms with Gasteiger partial charge in [-0.25, -0.2) is 9.78 Å². The van der Waals surface area contributed by atoms with Crippen LogP contribution in [0.5, 0.6) is 0 Å². The van der Waals surface area contributed by atoms with Gasteiger partial charge >= 0.3 is 5.97 Å². The molecule has 4 rings (SSSR count).